The molecule has 0 aliphatic heterocycles. The molecule has 0 saturated heterocycles. The highest BCUT2D eigenvalue weighted by Gasteiger charge is 2.13. The lowest BCUT2D eigenvalue weighted by molar-refractivity contribution is 0.102. The van der Waals surface area contributed by atoms with E-state index in [0.717, 1.165) is 11.3 Å². The van der Waals surface area contributed by atoms with E-state index in [9.17, 15) is 4.79 Å². The molecule has 3 rings (SSSR count). The molecule has 0 bridgehead atoms. The van der Waals surface area contributed by atoms with E-state index in [1.807, 2.05) is 30.5 Å². The molecule has 0 unspecified atom stereocenters. The first kappa shape index (κ1) is 20.0. The summed E-state index contributed by atoms with van der Waals surface area (Å²) in [5.74, 6) is 1.51. The van der Waals surface area contributed by atoms with Gasteiger partial charge in [0.2, 0.25) is 0 Å². The van der Waals surface area contributed by atoms with Crippen molar-refractivity contribution in [1.82, 2.24) is 4.98 Å². The van der Waals surface area contributed by atoms with Gasteiger partial charge in [0, 0.05) is 16.5 Å². The van der Waals surface area contributed by atoms with Gasteiger partial charge < -0.3 is 14.2 Å². The van der Waals surface area contributed by atoms with Crippen LogP contribution in [-0.4, -0.2) is 31.7 Å². The number of ether oxygens (including phenoxy) is 3. The first-order valence-electron chi connectivity index (χ1n) is 8.47. The van der Waals surface area contributed by atoms with Gasteiger partial charge >= 0.3 is 0 Å². The van der Waals surface area contributed by atoms with Gasteiger partial charge in [0.1, 0.15) is 5.75 Å². The first-order valence-corrected chi connectivity index (χ1v) is 9.73. The second-order valence-corrected chi connectivity index (χ2v) is 6.91. The zero-order chi connectivity index (χ0) is 20.1. The highest BCUT2D eigenvalue weighted by atomic mass is 35.5. The van der Waals surface area contributed by atoms with Gasteiger partial charge in [-0.1, -0.05) is 11.6 Å². The Bertz CT molecular complexity index is 990. The number of benzene rings is 2. The molecule has 0 atom stereocenters. The minimum absolute atomic E-state index is 0.293. The number of carbonyl (C=O) groups excluding carboxylic acids is 1. The molecular weight excluding hydrogens is 400 g/mol. The number of hydrogen-bond donors (Lipinski definition) is 1. The fraction of sp³-hybridized carbons (Fsp3) is 0.200. The predicted octanol–water partition coefficient (Wildman–Crippen LogP) is 5.13. The molecule has 28 heavy (non-hydrogen) atoms. The molecule has 0 fully saturated rings. The summed E-state index contributed by atoms with van der Waals surface area (Å²) in [6, 6.07) is 10.4. The van der Waals surface area contributed by atoms with Gasteiger partial charge in [0.25, 0.3) is 5.91 Å². The molecule has 1 N–H and O–H groups in total. The topological polar surface area (TPSA) is 69.7 Å². The van der Waals surface area contributed by atoms with Gasteiger partial charge in [-0.3, -0.25) is 10.1 Å². The van der Waals surface area contributed by atoms with E-state index >= 15 is 0 Å². The summed E-state index contributed by atoms with van der Waals surface area (Å²) in [7, 11) is 3.16. The molecule has 0 saturated carbocycles. The van der Waals surface area contributed by atoms with Crippen LogP contribution in [0, 0.1) is 0 Å². The van der Waals surface area contributed by atoms with Crippen LogP contribution in [0.2, 0.25) is 5.02 Å². The Morgan fingerprint density at radius 2 is 1.86 bits per heavy atom. The van der Waals surface area contributed by atoms with Crippen LogP contribution in [0.1, 0.15) is 17.3 Å². The summed E-state index contributed by atoms with van der Waals surface area (Å²) in [4.78, 5) is 17.0. The van der Waals surface area contributed by atoms with Crippen molar-refractivity contribution in [3.8, 4) is 28.5 Å². The van der Waals surface area contributed by atoms with Crippen LogP contribution in [0.4, 0.5) is 5.13 Å². The zero-order valence-corrected chi connectivity index (χ0v) is 17.2. The van der Waals surface area contributed by atoms with E-state index in [1.54, 1.807) is 32.4 Å². The average molecular weight is 419 g/mol. The SMILES string of the molecule is CCOc1ccc(C(=O)Nc2nc(-c3ccc(OC)c(OC)c3)cs2)cc1Cl. The third kappa shape index (κ3) is 4.37. The molecule has 0 spiro atoms. The van der Waals surface area contributed by atoms with Crippen LogP contribution in [0.5, 0.6) is 17.2 Å². The minimum Gasteiger partial charge on any atom is -0.493 e. The summed E-state index contributed by atoms with van der Waals surface area (Å²) < 4.78 is 16.0. The lowest BCUT2D eigenvalue weighted by Gasteiger charge is -2.08. The van der Waals surface area contributed by atoms with Gasteiger partial charge in [0.05, 0.1) is 31.5 Å². The fourth-order valence-corrected chi connectivity index (χ4v) is 3.49. The Morgan fingerprint density at radius 1 is 1.11 bits per heavy atom. The second kappa shape index (κ2) is 8.95. The van der Waals surface area contributed by atoms with Crippen molar-refractivity contribution in [2.24, 2.45) is 0 Å². The summed E-state index contributed by atoms with van der Waals surface area (Å²) in [6.07, 6.45) is 0. The van der Waals surface area contributed by atoms with E-state index < -0.39 is 0 Å². The van der Waals surface area contributed by atoms with E-state index in [4.69, 9.17) is 25.8 Å². The van der Waals surface area contributed by atoms with E-state index in [0.29, 0.717) is 39.6 Å². The standard InChI is InChI=1S/C20H19ClN2O4S/c1-4-27-16-7-6-13(9-14(16)21)19(24)23-20-22-15(11-28-20)12-5-8-17(25-2)18(10-12)26-3/h5-11H,4H2,1-3H3,(H,22,23,24). The maximum absolute atomic E-state index is 12.5. The van der Waals surface area contributed by atoms with Crippen LogP contribution in [0.15, 0.2) is 41.8 Å². The van der Waals surface area contributed by atoms with Crippen LogP contribution < -0.4 is 19.5 Å². The molecule has 1 amide bonds. The van der Waals surface area contributed by atoms with Crippen molar-refractivity contribution in [3.63, 3.8) is 0 Å². The lowest BCUT2D eigenvalue weighted by Crippen LogP contribution is -2.11. The Labute approximate surface area is 172 Å². The second-order valence-electron chi connectivity index (χ2n) is 5.64. The van der Waals surface area contributed by atoms with Gasteiger partial charge in [-0.15, -0.1) is 11.3 Å². The quantitative estimate of drug-likeness (QED) is 0.575. The van der Waals surface area contributed by atoms with Gasteiger partial charge in [-0.05, 0) is 43.3 Å². The van der Waals surface area contributed by atoms with E-state index in [1.165, 1.54) is 11.3 Å². The number of amides is 1. The molecule has 1 aromatic heterocycles. The number of thiazole rings is 1. The van der Waals surface area contributed by atoms with Crippen LogP contribution in [0.25, 0.3) is 11.3 Å². The monoisotopic (exact) mass is 418 g/mol. The maximum Gasteiger partial charge on any atom is 0.257 e. The molecule has 0 aliphatic carbocycles. The zero-order valence-electron chi connectivity index (χ0n) is 15.6. The normalized spacial score (nSPS) is 10.4. The maximum atomic E-state index is 12.5. The fourth-order valence-electron chi connectivity index (χ4n) is 2.54. The predicted molar refractivity (Wildman–Crippen MR) is 111 cm³/mol. The van der Waals surface area contributed by atoms with Crippen molar-refractivity contribution in [2.45, 2.75) is 6.92 Å². The van der Waals surface area contributed by atoms with Crippen LogP contribution in [-0.2, 0) is 0 Å². The number of carbonyl (C=O) groups is 1. The summed E-state index contributed by atoms with van der Waals surface area (Å²) in [5.41, 5.74) is 2.01. The van der Waals surface area contributed by atoms with Crippen LogP contribution in [0.3, 0.4) is 0 Å². The molecule has 8 heteroatoms. The average Bonchev–Trinajstić information content (AvgIpc) is 3.17. The third-order valence-electron chi connectivity index (χ3n) is 3.90. The minimum atomic E-state index is -0.293. The number of nitrogens with one attached hydrogen (secondary N) is 1. The summed E-state index contributed by atoms with van der Waals surface area (Å²) >= 11 is 7.49. The summed E-state index contributed by atoms with van der Waals surface area (Å²) in [6.45, 7) is 2.37. The molecule has 2 aromatic carbocycles. The molecule has 3 aromatic rings. The number of halogens is 1. The number of aromatic nitrogens is 1. The smallest absolute Gasteiger partial charge is 0.257 e. The van der Waals surface area contributed by atoms with Gasteiger partial charge in [-0.25, -0.2) is 4.98 Å². The Morgan fingerprint density at radius 3 is 2.54 bits per heavy atom. The number of nitrogens with zero attached hydrogens (tertiary/aromatic N) is 1. The molecule has 0 radical (unpaired) electrons. The highest BCUT2D eigenvalue weighted by molar-refractivity contribution is 7.14. The number of anilines is 1. The molecule has 6 nitrogen and oxygen atoms in total. The Kier molecular flexibility index (Phi) is 6.38. The van der Waals surface area contributed by atoms with Crippen molar-refractivity contribution in [1.29, 1.82) is 0 Å². The summed E-state index contributed by atoms with van der Waals surface area (Å²) in [5, 5.41) is 5.53. The molecule has 146 valence electrons. The number of methoxy groups -OCH3 is 2. The van der Waals surface area contributed by atoms with E-state index in [-0.39, 0.29) is 5.91 Å². The highest BCUT2D eigenvalue weighted by Crippen LogP contribution is 2.33. The molecule has 1 heterocycles. The largest absolute Gasteiger partial charge is 0.493 e. The van der Waals surface area contributed by atoms with Crippen molar-refractivity contribution >= 4 is 34.0 Å². The molecular formula is C20H19ClN2O4S. The van der Waals surface area contributed by atoms with Crippen LogP contribution >= 0.6 is 22.9 Å². The van der Waals surface area contributed by atoms with E-state index in [2.05, 4.69) is 10.3 Å². The van der Waals surface area contributed by atoms with Crippen molar-refractivity contribution < 1.29 is 19.0 Å². The number of rotatable bonds is 7. The number of hydrogen-bond acceptors (Lipinski definition) is 6. The van der Waals surface area contributed by atoms with Crippen molar-refractivity contribution in [3.05, 3.63) is 52.4 Å². The third-order valence-corrected chi connectivity index (χ3v) is 4.95. The Hall–Kier alpha value is -2.77. The Balaban J connectivity index is 1.76. The van der Waals surface area contributed by atoms with Gasteiger partial charge in [-0.2, -0.15) is 0 Å². The first-order chi connectivity index (χ1) is 13.5. The van der Waals surface area contributed by atoms with Crippen molar-refractivity contribution in [2.75, 3.05) is 26.1 Å². The van der Waals surface area contributed by atoms with Gasteiger partial charge in [0.15, 0.2) is 16.6 Å². The molecule has 0 aliphatic rings. The lowest BCUT2D eigenvalue weighted by atomic mass is 10.1.